The normalized spacial score (nSPS) is 20.8. The molecule has 0 aromatic carbocycles. The summed E-state index contributed by atoms with van der Waals surface area (Å²) in [6.45, 7) is 3.55. The SMILES string of the molecule is Cc1noc(NS(=O)(=O)N2CCCCC2C(=O)O)c1C. The van der Waals surface area contributed by atoms with Gasteiger partial charge in [0, 0.05) is 12.1 Å². The van der Waals surface area contributed by atoms with E-state index in [9.17, 15) is 13.2 Å². The van der Waals surface area contributed by atoms with Crippen LogP contribution in [0.2, 0.25) is 0 Å². The standard InChI is InChI=1S/C11H17N3O5S/c1-7-8(2)12-19-10(7)13-20(17,18)14-6-4-3-5-9(14)11(15)16/h9,13H,3-6H2,1-2H3,(H,15,16). The Hall–Kier alpha value is -1.61. The van der Waals surface area contributed by atoms with Gasteiger partial charge in [0.2, 0.25) is 5.88 Å². The van der Waals surface area contributed by atoms with Crippen molar-refractivity contribution in [3.8, 4) is 0 Å². The Bertz CT molecular complexity index is 610. The van der Waals surface area contributed by atoms with E-state index in [1.54, 1.807) is 13.8 Å². The molecule has 2 N–H and O–H groups in total. The zero-order valence-corrected chi connectivity index (χ0v) is 12.1. The number of aromatic nitrogens is 1. The summed E-state index contributed by atoms with van der Waals surface area (Å²) in [5.74, 6) is -1.11. The Labute approximate surface area is 116 Å². The lowest BCUT2D eigenvalue weighted by atomic mass is 10.1. The molecule has 1 saturated heterocycles. The number of carboxylic acid groups (broad SMARTS) is 1. The number of aliphatic carboxylic acids is 1. The maximum absolute atomic E-state index is 12.3. The largest absolute Gasteiger partial charge is 0.480 e. The molecule has 1 aromatic heterocycles. The fraction of sp³-hybridized carbons (Fsp3) is 0.636. The summed E-state index contributed by atoms with van der Waals surface area (Å²) in [4.78, 5) is 11.2. The number of nitrogens with zero attached hydrogens (tertiary/aromatic N) is 2. The van der Waals surface area contributed by atoms with E-state index in [0.29, 0.717) is 30.5 Å². The average molecular weight is 303 g/mol. The number of aryl methyl sites for hydroxylation is 1. The summed E-state index contributed by atoms with van der Waals surface area (Å²) in [6.07, 6.45) is 1.65. The third-order valence-electron chi connectivity index (χ3n) is 3.43. The predicted octanol–water partition coefficient (Wildman–Crippen LogP) is 0.887. The van der Waals surface area contributed by atoms with E-state index >= 15 is 0 Å². The van der Waals surface area contributed by atoms with Crippen molar-refractivity contribution in [2.45, 2.75) is 39.2 Å². The Morgan fingerprint density at radius 3 is 2.70 bits per heavy atom. The second-order valence-electron chi connectivity index (χ2n) is 4.79. The van der Waals surface area contributed by atoms with Crippen molar-refractivity contribution in [1.29, 1.82) is 0 Å². The van der Waals surface area contributed by atoms with Crippen LogP contribution in [0.15, 0.2) is 4.52 Å². The smallest absolute Gasteiger partial charge is 0.322 e. The van der Waals surface area contributed by atoms with Gasteiger partial charge >= 0.3 is 16.2 Å². The minimum Gasteiger partial charge on any atom is -0.480 e. The first-order chi connectivity index (χ1) is 9.33. The summed E-state index contributed by atoms with van der Waals surface area (Å²) in [7, 11) is -3.97. The van der Waals surface area contributed by atoms with Gasteiger partial charge in [-0.15, -0.1) is 0 Å². The number of hydrogen-bond acceptors (Lipinski definition) is 5. The van der Waals surface area contributed by atoms with E-state index in [4.69, 9.17) is 9.63 Å². The van der Waals surface area contributed by atoms with Gasteiger partial charge in [0.05, 0.1) is 5.69 Å². The molecule has 2 heterocycles. The lowest BCUT2D eigenvalue weighted by Crippen LogP contribution is -2.49. The highest BCUT2D eigenvalue weighted by molar-refractivity contribution is 7.90. The van der Waals surface area contributed by atoms with Crippen LogP contribution < -0.4 is 4.72 Å². The third kappa shape index (κ3) is 2.78. The number of hydrogen-bond donors (Lipinski definition) is 2. The van der Waals surface area contributed by atoms with E-state index in [1.807, 2.05) is 0 Å². The summed E-state index contributed by atoms with van der Waals surface area (Å²) in [6, 6.07) is -1.04. The van der Waals surface area contributed by atoms with E-state index in [1.165, 1.54) is 0 Å². The van der Waals surface area contributed by atoms with Gasteiger partial charge in [0.15, 0.2) is 0 Å². The number of piperidine rings is 1. The predicted molar refractivity (Wildman–Crippen MR) is 70.5 cm³/mol. The topological polar surface area (TPSA) is 113 Å². The summed E-state index contributed by atoms with van der Waals surface area (Å²) in [5.41, 5.74) is 1.16. The molecular formula is C11H17N3O5S. The van der Waals surface area contributed by atoms with Crippen LogP contribution in [0.1, 0.15) is 30.5 Å². The first-order valence-electron chi connectivity index (χ1n) is 6.28. The highest BCUT2D eigenvalue weighted by atomic mass is 32.2. The lowest BCUT2D eigenvalue weighted by molar-refractivity contribution is -0.142. The molecule has 112 valence electrons. The van der Waals surface area contributed by atoms with Crippen molar-refractivity contribution < 1.29 is 22.8 Å². The minimum atomic E-state index is -3.97. The summed E-state index contributed by atoms with van der Waals surface area (Å²) >= 11 is 0. The Kier molecular flexibility index (Phi) is 4.00. The van der Waals surface area contributed by atoms with Crippen molar-refractivity contribution in [3.05, 3.63) is 11.3 Å². The second kappa shape index (κ2) is 5.41. The first-order valence-corrected chi connectivity index (χ1v) is 7.72. The van der Waals surface area contributed by atoms with Gasteiger partial charge < -0.3 is 9.63 Å². The molecule has 1 fully saturated rings. The molecule has 0 aliphatic carbocycles. The van der Waals surface area contributed by atoms with Gasteiger partial charge in [-0.3, -0.25) is 4.79 Å². The summed E-state index contributed by atoms with van der Waals surface area (Å²) < 4.78 is 32.7. The lowest BCUT2D eigenvalue weighted by Gasteiger charge is -2.31. The first kappa shape index (κ1) is 14.8. The second-order valence-corrected chi connectivity index (χ2v) is 6.41. The van der Waals surface area contributed by atoms with E-state index in [-0.39, 0.29) is 12.4 Å². The van der Waals surface area contributed by atoms with Gasteiger partial charge in [-0.05, 0) is 33.1 Å². The third-order valence-corrected chi connectivity index (χ3v) is 4.92. The molecule has 1 unspecified atom stereocenters. The summed E-state index contributed by atoms with van der Waals surface area (Å²) in [5, 5.41) is 12.8. The van der Waals surface area contributed by atoms with Crippen LogP contribution in [-0.2, 0) is 15.0 Å². The number of anilines is 1. The fourth-order valence-electron chi connectivity index (χ4n) is 2.13. The van der Waals surface area contributed by atoms with Crippen molar-refractivity contribution in [1.82, 2.24) is 9.46 Å². The van der Waals surface area contributed by atoms with E-state index in [2.05, 4.69) is 9.88 Å². The number of carbonyl (C=O) groups is 1. The van der Waals surface area contributed by atoms with Gasteiger partial charge in [-0.25, -0.2) is 4.72 Å². The minimum absolute atomic E-state index is 0.0252. The van der Waals surface area contributed by atoms with Crippen LogP contribution in [0.4, 0.5) is 5.88 Å². The molecule has 1 atom stereocenters. The Morgan fingerprint density at radius 1 is 1.45 bits per heavy atom. The Balaban J connectivity index is 2.24. The molecule has 0 bridgehead atoms. The number of rotatable bonds is 4. The van der Waals surface area contributed by atoms with E-state index < -0.39 is 22.2 Å². The van der Waals surface area contributed by atoms with Gasteiger partial charge in [0.1, 0.15) is 6.04 Å². The molecular weight excluding hydrogens is 286 g/mol. The highest BCUT2D eigenvalue weighted by Crippen LogP contribution is 2.24. The van der Waals surface area contributed by atoms with Gasteiger partial charge in [0.25, 0.3) is 0 Å². The van der Waals surface area contributed by atoms with Crippen LogP contribution >= 0.6 is 0 Å². The quantitative estimate of drug-likeness (QED) is 0.854. The van der Waals surface area contributed by atoms with E-state index in [0.717, 1.165) is 4.31 Å². The molecule has 0 amide bonds. The molecule has 1 aliphatic heterocycles. The van der Waals surface area contributed by atoms with Crippen LogP contribution in [0.5, 0.6) is 0 Å². The fourth-order valence-corrected chi connectivity index (χ4v) is 3.57. The molecule has 9 heteroatoms. The van der Waals surface area contributed by atoms with Crippen LogP contribution in [0, 0.1) is 13.8 Å². The molecule has 0 saturated carbocycles. The monoisotopic (exact) mass is 303 g/mol. The van der Waals surface area contributed by atoms with Crippen molar-refractivity contribution in [2.75, 3.05) is 11.3 Å². The zero-order valence-electron chi connectivity index (χ0n) is 11.3. The molecule has 2 rings (SSSR count). The molecule has 1 aliphatic rings. The highest BCUT2D eigenvalue weighted by Gasteiger charge is 2.37. The number of nitrogens with one attached hydrogen (secondary N) is 1. The van der Waals surface area contributed by atoms with Crippen molar-refractivity contribution >= 4 is 22.1 Å². The van der Waals surface area contributed by atoms with Crippen LogP contribution in [-0.4, -0.2) is 41.5 Å². The molecule has 1 aromatic rings. The van der Waals surface area contributed by atoms with Crippen molar-refractivity contribution in [3.63, 3.8) is 0 Å². The molecule has 0 radical (unpaired) electrons. The maximum Gasteiger partial charge on any atom is 0.322 e. The zero-order chi connectivity index (χ0) is 14.9. The average Bonchev–Trinajstić information content (AvgIpc) is 2.70. The maximum atomic E-state index is 12.3. The van der Waals surface area contributed by atoms with Crippen LogP contribution in [0.3, 0.4) is 0 Å². The molecule has 20 heavy (non-hydrogen) atoms. The Morgan fingerprint density at radius 2 is 2.15 bits per heavy atom. The van der Waals surface area contributed by atoms with Crippen molar-refractivity contribution in [2.24, 2.45) is 0 Å². The number of carboxylic acids is 1. The van der Waals surface area contributed by atoms with Gasteiger partial charge in [-0.2, -0.15) is 12.7 Å². The molecule has 0 spiro atoms. The van der Waals surface area contributed by atoms with Gasteiger partial charge in [-0.1, -0.05) is 5.16 Å². The molecule has 8 nitrogen and oxygen atoms in total. The van der Waals surface area contributed by atoms with Crippen LogP contribution in [0.25, 0.3) is 0 Å².